The number of thiocarbonyl (C=S) groups is 1. The molecule has 0 saturated carbocycles. The molecule has 0 aromatic heterocycles. The molecule has 0 atom stereocenters. The van der Waals surface area contributed by atoms with Crippen molar-refractivity contribution < 1.29 is 9.47 Å². The molecule has 2 aromatic rings. The number of hydrazone groups is 1. The zero-order chi connectivity index (χ0) is 18.9. The fourth-order valence-corrected chi connectivity index (χ4v) is 2.76. The van der Waals surface area contributed by atoms with Crippen LogP contribution in [0.1, 0.15) is 29.2 Å². The van der Waals surface area contributed by atoms with Crippen molar-refractivity contribution in [2.75, 3.05) is 13.7 Å². The van der Waals surface area contributed by atoms with Gasteiger partial charge in [0.25, 0.3) is 0 Å². The van der Waals surface area contributed by atoms with Crippen molar-refractivity contribution in [3.63, 3.8) is 0 Å². The van der Waals surface area contributed by atoms with Crippen molar-refractivity contribution in [1.82, 2.24) is 10.7 Å². The number of aryl methyl sites for hydroxylation is 2. The zero-order valence-electron chi connectivity index (χ0n) is 15.6. The molecule has 0 radical (unpaired) electrons. The van der Waals surface area contributed by atoms with Crippen LogP contribution in [0.15, 0.2) is 41.5 Å². The Morgan fingerprint density at radius 1 is 1.12 bits per heavy atom. The summed E-state index contributed by atoms with van der Waals surface area (Å²) in [4.78, 5) is 0. The Kier molecular flexibility index (Phi) is 7.41. The average molecular weight is 372 g/mol. The molecule has 0 bridgehead atoms. The summed E-state index contributed by atoms with van der Waals surface area (Å²) in [6.07, 6.45) is 1.68. The van der Waals surface area contributed by atoms with E-state index in [4.69, 9.17) is 21.7 Å². The predicted molar refractivity (Wildman–Crippen MR) is 110 cm³/mol. The van der Waals surface area contributed by atoms with Crippen LogP contribution in [0.5, 0.6) is 11.5 Å². The second-order valence-electron chi connectivity index (χ2n) is 5.92. The second-order valence-corrected chi connectivity index (χ2v) is 6.33. The Hall–Kier alpha value is -2.60. The largest absolute Gasteiger partial charge is 0.493 e. The summed E-state index contributed by atoms with van der Waals surface area (Å²) in [6.45, 7) is 7.38. The van der Waals surface area contributed by atoms with Crippen LogP contribution in [-0.4, -0.2) is 25.0 Å². The Morgan fingerprint density at radius 2 is 1.85 bits per heavy atom. The van der Waals surface area contributed by atoms with Crippen LogP contribution in [0.25, 0.3) is 0 Å². The Morgan fingerprint density at radius 3 is 2.50 bits per heavy atom. The lowest BCUT2D eigenvalue weighted by Gasteiger charge is -2.12. The molecular weight excluding hydrogens is 346 g/mol. The summed E-state index contributed by atoms with van der Waals surface area (Å²) in [7, 11) is 1.62. The Labute approximate surface area is 160 Å². The first-order chi connectivity index (χ1) is 12.5. The van der Waals surface area contributed by atoms with E-state index in [-0.39, 0.29) is 0 Å². The van der Waals surface area contributed by atoms with Gasteiger partial charge < -0.3 is 14.8 Å². The van der Waals surface area contributed by atoms with Crippen LogP contribution in [0.4, 0.5) is 0 Å². The number of nitrogens with one attached hydrogen (secondary N) is 2. The number of hydrogen-bond donors (Lipinski definition) is 2. The highest BCUT2D eigenvalue weighted by atomic mass is 32.1. The van der Waals surface area contributed by atoms with Crippen molar-refractivity contribution in [1.29, 1.82) is 0 Å². The van der Waals surface area contributed by atoms with Crippen LogP contribution in [-0.2, 0) is 6.61 Å². The lowest BCUT2D eigenvalue weighted by Crippen LogP contribution is -2.31. The number of rotatable bonds is 7. The van der Waals surface area contributed by atoms with E-state index in [1.54, 1.807) is 13.3 Å². The monoisotopic (exact) mass is 371 g/mol. The third-order valence-electron chi connectivity index (χ3n) is 3.58. The lowest BCUT2D eigenvalue weighted by atomic mass is 10.1. The fraction of sp³-hybridized carbons (Fsp3) is 0.300. The normalized spacial score (nSPS) is 10.6. The molecule has 138 valence electrons. The molecule has 2 rings (SSSR count). The van der Waals surface area contributed by atoms with Gasteiger partial charge in [-0.05, 0) is 62.3 Å². The van der Waals surface area contributed by atoms with Gasteiger partial charge in [0, 0.05) is 6.54 Å². The van der Waals surface area contributed by atoms with Gasteiger partial charge in [-0.3, -0.25) is 5.43 Å². The lowest BCUT2D eigenvalue weighted by molar-refractivity contribution is 0.284. The molecule has 0 saturated heterocycles. The molecule has 6 heteroatoms. The van der Waals surface area contributed by atoms with Gasteiger partial charge in [0.1, 0.15) is 6.61 Å². The van der Waals surface area contributed by atoms with Crippen LogP contribution in [0.3, 0.4) is 0 Å². The highest BCUT2D eigenvalue weighted by Crippen LogP contribution is 2.28. The maximum atomic E-state index is 5.94. The third kappa shape index (κ3) is 6.04. The van der Waals surface area contributed by atoms with Gasteiger partial charge >= 0.3 is 0 Å². The van der Waals surface area contributed by atoms with E-state index in [0.29, 0.717) is 23.2 Å². The van der Waals surface area contributed by atoms with Crippen molar-refractivity contribution in [2.24, 2.45) is 5.10 Å². The first kappa shape index (κ1) is 19.7. The molecule has 0 amide bonds. The van der Waals surface area contributed by atoms with Gasteiger partial charge in [-0.1, -0.05) is 29.3 Å². The molecule has 0 aliphatic carbocycles. The van der Waals surface area contributed by atoms with Crippen molar-refractivity contribution in [2.45, 2.75) is 27.4 Å². The molecule has 0 unspecified atom stereocenters. The number of ether oxygens (including phenoxy) is 2. The predicted octanol–water partition coefficient (Wildman–Crippen LogP) is 3.71. The molecule has 0 fully saturated rings. The molecule has 26 heavy (non-hydrogen) atoms. The second kappa shape index (κ2) is 9.77. The number of methoxy groups -OCH3 is 1. The molecule has 0 spiro atoms. The van der Waals surface area contributed by atoms with E-state index < -0.39 is 0 Å². The van der Waals surface area contributed by atoms with Crippen molar-refractivity contribution >= 4 is 23.5 Å². The highest BCUT2D eigenvalue weighted by Gasteiger charge is 2.06. The number of hydrogen-bond acceptors (Lipinski definition) is 4. The quantitative estimate of drug-likeness (QED) is 0.441. The van der Waals surface area contributed by atoms with Crippen LogP contribution < -0.4 is 20.2 Å². The van der Waals surface area contributed by atoms with Gasteiger partial charge in [-0.2, -0.15) is 5.10 Å². The van der Waals surface area contributed by atoms with E-state index in [2.05, 4.69) is 47.9 Å². The maximum absolute atomic E-state index is 5.94. The summed E-state index contributed by atoms with van der Waals surface area (Å²) in [5.41, 5.74) is 7.23. The maximum Gasteiger partial charge on any atom is 0.186 e. The summed E-state index contributed by atoms with van der Waals surface area (Å²) in [6, 6.07) is 12.1. The molecule has 0 heterocycles. The van der Waals surface area contributed by atoms with Crippen molar-refractivity contribution in [3.05, 3.63) is 58.7 Å². The Balaban J connectivity index is 2.03. The van der Waals surface area contributed by atoms with Gasteiger partial charge in [0.15, 0.2) is 16.6 Å². The minimum Gasteiger partial charge on any atom is -0.493 e. The van der Waals surface area contributed by atoms with Gasteiger partial charge in [-0.15, -0.1) is 0 Å². The number of nitrogens with zero attached hydrogens (tertiary/aromatic N) is 1. The molecule has 0 aliphatic heterocycles. The smallest absolute Gasteiger partial charge is 0.186 e. The average Bonchev–Trinajstić information content (AvgIpc) is 2.60. The summed E-state index contributed by atoms with van der Waals surface area (Å²) < 4.78 is 11.4. The third-order valence-corrected chi connectivity index (χ3v) is 3.82. The van der Waals surface area contributed by atoms with E-state index >= 15 is 0 Å². The standard InChI is InChI=1S/C20H25N3O2S/c1-5-21-20(26)23-22-12-16-6-7-18(19(11-16)24-4)25-13-17-9-14(2)8-15(3)10-17/h6-12H,5,13H2,1-4H3,(H2,21,23,26). The van der Waals surface area contributed by atoms with E-state index in [1.807, 2.05) is 25.1 Å². The minimum atomic E-state index is 0.490. The van der Waals surface area contributed by atoms with Crippen LogP contribution >= 0.6 is 12.2 Å². The van der Waals surface area contributed by atoms with Gasteiger partial charge in [-0.25, -0.2) is 0 Å². The van der Waals surface area contributed by atoms with Crippen LogP contribution in [0.2, 0.25) is 0 Å². The van der Waals surface area contributed by atoms with E-state index in [1.165, 1.54) is 11.1 Å². The topological polar surface area (TPSA) is 54.9 Å². The molecule has 2 aromatic carbocycles. The minimum absolute atomic E-state index is 0.490. The number of benzene rings is 2. The molecule has 5 nitrogen and oxygen atoms in total. The molecule has 0 aliphatic rings. The molecular formula is C20H25N3O2S. The first-order valence-electron chi connectivity index (χ1n) is 8.46. The fourth-order valence-electron chi connectivity index (χ4n) is 2.56. The summed E-state index contributed by atoms with van der Waals surface area (Å²) in [5, 5.41) is 7.56. The summed E-state index contributed by atoms with van der Waals surface area (Å²) >= 11 is 5.06. The highest BCUT2D eigenvalue weighted by molar-refractivity contribution is 7.80. The van der Waals surface area contributed by atoms with Crippen molar-refractivity contribution in [3.8, 4) is 11.5 Å². The first-order valence-corrected chi connectivity index (χ1v) is 8.87. The summed E-state index contributed by atoms with van der Waals surface area (Å²) in [5.74, 6) is 1.35. The van der Waals surface area contributed by atoms with E-state index in [9.17, 15) is 0 Å². The Bertz CT molecular complexity index is 770. The van der Waals surface area contributed by atoms with Gasteiger partial charge in [0.05, 0.1) is 13.3 Å². The zero-order valence-corrected chi connectivity index (χ0v) is 16.4. The van der Waals surface area contributed by atoms with Crippen LogP contribution in [0, 0.1) is 13.8 Å². The SMILES string of the molecule is CCNC(=S)NN=Cc1ccc(OCc2cc(C)cc(C)c2)c(OC)c1. The van der Waals surface area contributed by atoms with E-state index in [0.717, 1.165) is 17.7 Å². The van der Waals surface area contributed by atoms with Gasteiger partial charge in [0.2, 0.25) is 0 Å². The molecule has 2 N–H and O–H groups in total.